The van der Waals surface area contributed by atoms with Gasteiger partial charge in [-0.05, 0) is 19.9 Å². The van der Waals surface area contributed by atoms with Crippen LogP contribution >= 0.6 is 0 Å². The van der Waals surface area contributed by atoms with Crippen molar-refractivity contribution in [2.45, 2.75) is 26.6 Å². The van der Waals surface area contributed by atoms with E-state index in [4.69, 9.17) is 17.3 Å². The first-order chi connectivity index (χ1) is 6.63. The molecule has 3 nitrogen and oxygen atoms in total. The van der Waals surface area contributed by atoms with Crippen LogP contribution in [0, 0.1) is 0 Å². The molecule has 0 saturated carbocycles. The van der Waals surface area contributed by atoms with Crippen LogP contribution in [-0.2, 0) is 11.3 Å². The third-order valence-electron chi connectivity index (χ3n) is 1.60. The number of nitrogens with zero attached hydrogens (tertiary/aromatic N) is 1. The normalized spacial score (nSPS) is 10.6. The van der Waals surface area contributed by atoms with Gasteiger partial charge in [-0.2, -0.15) is 0 Å². The van der Waals surface area contributed by atoms with Crippen LogP contribution in [0.25, 0.3) is 0 Å². The molecule has 0 fully saturated rings. The fraction of sp³-hybridized carbons (Fsp3) is 0.500. The van der Waals surface area contributed by atoms with Crippen molar-refractivity contribution in [2.75, 3.05) is 7.11 Å². The highest BCUT2D eigenvalue weighted by atomic mass is 16.5. The summed E-state index contributed by atoms with van der Waals surface area (Å²) >= 11 is 0. The number of pyridine rings is 1. The van der Waals surface area contributed by atoms with Crippen molar-refractivity contribution in [3.8, 4) is 5.75 Å². The quantitative estimate of drug-likeness (QED) is 0.660. The van der Waals surface area contributed by atoms with Gasteiger partial charge >= 0.3 is 0 Å². The Kier molecular flexibility index (Phi) is 3.95. The van der Waals surface area contributed by atoms with Gasteiger partial charge in [0.15, 0.2) is 0 Å². The van der Waals surface area contributed by atoms with Crippen LogP contribution < -0.4 is 10.2 Å². The highest BCUT2D eigenvalue weighted by molar-refractivity contribution is 6.32. The van der Waals surface area contributed by atoms with Gasteiger partial charge in [-0.3, -0.25) is 4.98 Å². The van der Waals surface area contributed by atoms with Gasteiger partial charge in [0.05, 0.1) is 12.7 Å². The predicted octanol–water partition coefficient (Wildman–Crippen LogP) is 0.809. The minimum atomic E-state index is 0.106. The van der Waals surface area contributed by atoms with Crippen molar-refractivity contribution in [1.29, 1.82) is 0 Å². The van der Waals surface area contributed by atoms with Crippen molar-refractivity contribution in [3.63, 3.8) is 0 Å². The van der Waals surface area contributed by atoms with Crippen LogP contribution in [0.3, 0.4) is 0 Å². The molecule has 0 aliphatic rings. The maximum absolute atomic E-state index is 5.62. The smallest absolute Gasteiger partial charge is 0.142 e. The fourth-order valence-corrected chi connectivity index (χ4v) is 1.09. The summed E-state index contributed by atoms with van der Waals surface area (Å²) in [6.07, 6.45) is 1.70. The molecule has 0 aromatic carbocycles. The van der Waals surface area contributed by atoms with Crippen LogP contribution in [-0.4, -0.2) is 26.0 Å². The lowest BCUT2D eigenvalue weighted by Gasteiger charge is -2.13. The number of hydrogen-bond acceptors (Lipinski definition) is 3. The largest absolute Gasteiger partial charge is 0.489 e. The van der Waals surface area contributed by atoms with E-state index in [2.05, 4.69) is 4.98 Å². The van der Waals surface area contributed by atoms with Gasteiger partial charge in [0, 0.05) is 13.3 Å². The van der Waals surface area contributed by atoms with Crippen molar-refractivity contribution in [1.82, 2.24) is 4.98 Å². The summed E-state index contributed by atoms with van der Waals surface area (Å²) in [4.78, 5) is 4.15. The van der Waals surface area contributed by atoms with Gasteiger partial charge in [0.2, 0.25) is 0 Å². The summed E-state index contributed by atoms with van der Waals surface area (Å²) < 4.78 is 10.6. The van der Waals surface area contributed by atoms with Crippen LogP contribution in [0.5, 0.6) is 5.75 Å². The molecule has 14 heavy (non-hydrogen) atoms. The van der Waals surface area contributed by atoms with E-state index in [0.29, 0.717) is 17.8 Å². The lowest BCUT2D eigenvalue weighted by molar-refractivity contribution is 0.171. The minimum absolute atomic E-state index is 0.106. The number of aromatic nitrogens is 1. The molecule has 74 valence electrons. The Morgan fingerprint density at radius 2 is 2.21 bits per heavy atom. The van der Waals surface area contributed by atoms with Crippen LogP contribution in [0.2, 0.25) is 0 Å². The first-order valence-corrected chi connectivity index (χ1v) is 4.53. The highest BCUT2D eigenvalue weighted by Gasteiger charge is 2.06. The molecule has 0 unspecified atom stereocenters. The second-order valence-corrected chi connectivity index (χ2v) is 3.31. The summed E-state index contributed by atoms with van der Waals surface area (Å²) in [6, 6.07) is 1.77. The monoisotopic (exact) mass is 191 g/mol. The SMILES string of the molecule is [B]c1cnc(COC)c(OC(C)C)c1. The number of methoxy groups -OCH3 is 1. The molecule has 1 heterocycles. The van der Waals surface area contributed by atoms with E-state index in [1.54, 1.807) is 19.4 Å². The molecule has 1 rings (SSSR count). The second kappa shape index (κ2) is 5.01. The molecule has 0 bridgehead atoms. The van der Waals surface area contributed by atoms with Crippen LogP contribution in [0.15, 0.2) is 12.3 Å². The Morgan fingerprint density at radius 3 is 2.79 bits per heavy atom. The Hall–Kier alpha value is -1.03. The standard InChI is InChI=1S/C10H14BNO2/c1-7(2)14-10-4-8(11)5-12-9(10)6-13-3/h4-5,7H,6H2,1-3H3. The summed E-state index contributed by atoms with van der Waals surface area (Å²) in [5, 5.41) is 0. The third-order valence-corrected chi connectivity index (χ3v) is 1.60. The zero-order valence-electron chi connectivity index (χ0n) is 8.78. The van der Waals surface area contributed by atoms with Gasteiger partial charge in [-0.25, -0.2) is 0 Å². The van der Waals surface area contributed by atoms with Crippen LogP contribution in [0.1, 0.15) is 19.5 Å². The van der Waals surface area contributed by atoms with Crippen molar-refractivity contribution >= 4 is 13.3 Å². The predicted molar refractivity (Wildman–Crippen MR) is 56.1 cm³/mol. The van der Waals surface area contributed by atoms with Gasteiger partial charge < -0.3 is 9.47 Å². The topological polar surface area (TPSA) is 31.4 Å². The number of rotatable bonds is 4. The molecular weight excluding hydrogens is 177 g/mol. The Balaban J connectivity index is 2.90. The fourth-order valence-electron chi connectivity index (χ4n) is 1.09. The molecule has 1 aromatic heterocycles. The van der Waals surface area contributed by atoms with Crippen molar-refractivity contribution in [2.24, 2.45) is 0 Å². The van der Waals surface area contributed by atoms with E-state index in [0.717, 1.165) is 5.69 Å². The average molecular weight is 191 g/mol. The Labute approximate surface area is 85.9 Å². The van der Waals surface area contributed by atoms with E-state index in [9.17, 15) is 0 Å². The maximum atomic E-state index is 5.62. The Morgan fingerprint density at radius 1 is 1.50 bits per heavy atom. The molecular formula is C10H14BNO2. The molecule has 1 aromatic rings. The first kappa shape index (κ1) is 11.1. The molecule has 2 radical (unpaired) electrons. The molecule has 0 spiro atoms. The third kappa shape index (κ3) is 3.03. The van der Waals surface area contributed by atoms with Gasteiger partial charge in [0.25, 0.3) is 0 Å². The zero-order chi connectivity index (χ0) is 10.6. The molecule has 4 heteroatoms. The summed E-state index contributed by atoms with van der Waals surface area (Å²) in [5.74, 6) is 0.696. The van der Waals surface area contributed by atoms with Crippen molar-refractivity contribution in [3.05, 3.63) is 18.0 Å². The first-order valence-electron chi connectivity index (χ1n) is 4.53. The van der Waals surface area contributed by atoms with Gasteiger partial charge in [-0.15, -0.1) is 0 Å². The average Bonchev–Trinajstić information content (AvgIpc) is 2.09. The summed E-state index contributed by atoms with van der Waals surface area (Å²) in [6.45, 7) is 4.35. The molecule has 0 saturated heterocycles. The molecule has 0 atom stereocenters. The van der Waals surface area contributed by atoms with E-state index in [1.807, 2.05) is 13.8 Å². The van der Waals surface area contributed by atoms with Crippen LogP contribution in [0.4, 0.5) is 0 Å². The highest BCUT2D eigenvalue weighted by Crippen LogP contribution is 2.16. The minimum Gasteiger partial charge on any atom is -0.489 e. The number of ether oxygens (including phenoxy) is 2. The zero-order valence-corrected chi connectivity index (χ0v) is 8.78. The Bertz CT molecular complexity index is 302. The molecule has 0 aliphatic carbocycles. The molecule has 0 amide bonds. The van der Waals surface area contributed by atoms with Gasteiger partial charge in [-0.1, -0.05) is 5.46 Å². The molecule has 0 aliphatic heterocycles. The summed E-state index contributed by atoms with van der Waals surface area (Å²) in [5.41, 5.74) is 1.37. The van der Waals surface area contributed by atoms with E-state index in [-0.39, 0.29) is 6.10 Å². The second-order valence-electron chi connectivity index (χ2n) is 3.31. The molecule has 0 N–H and O–H groups in total. The van der Waals surface area contributed by atoms with Gasteiger partial charge in [0.1, 0.15) is 19.3 Å². The lowest BCUT2D eigenvalue weighted by Crippen LogP contribution is -2.13. The van der Waals surface area contributed by atoms with E-state index >= 15 is 0 Å². The number of hydrogen-bond donors (Lipinski definition) is 0. The summed E-state index contributed by atoms with van der Waals surface area (Å²) in [7, 11) is 7.24. The van der Waals surface area contributed by atoms with Crippen molar-refractivity contribution < 1.29 is 9.47 Å². The van der Waals surface area contributed by atoms with E-state index in [1.165, 1.54) is 0 Å². The lowest BCUT2D eigenvalue weighted by atomic mass is 9.98. The van der Waals surface area contributed by atoms with E-state index < -0.39 is 0 Å². The maximum Gasteiger partial charge on any atom is 0.142 e.